The van der Waals surface area contributed by atoms with Crippen LogP contribution in [-0.2, 0) is 4.79 Å². The second-order valence-corrected chi connectivity index (χ2v) is 5.55. The Morgan fingerprint density at radius 3 is 2.69 bits per heavy atom. The number of benzene rings is 2. The number of aromatic amines is 1. The highest BCUT2D eigenvalue weighted by Crippen LogP contribution is 2.21. The van der Waals surface area contributed by atoms with Gasteiger partial charge in [0.1, 0.15) is 11.6 Å². The molecule has 3 rings (SSSR count). The molecule has 3 aromatic rings. The highest BCUT2D eigenvalue weighted by molar-refractivity contribution is 5.95. The molecular weight excluding hydrogens is 334 g/mol. The van der Waals surface area contributed by atoms with Crippen LogP contribution in [0.25, 0.3) is 28.4 Å². The number of para-hydroxylation sites is 1. The number of phenols is 1. The monoisotopic (exact) mass is 351 g/mol. The number of hydrogen-bond donors (Lipinski definition) is 4. The van der Waals surface area contributed by atoms with Gasteiger partial charge in [-0.1, -0.05) is 12.1 Å². The lowest BCUT2D eigenvalue weighted by Gasteiger charge is -2.06. The molecule has 2 aromatic carbocycles. The zero-order valence-corrected chi connectivity index (χ0v) is 13.8. The molecule has 0 atom stereocenters. The van der Waals surface area contributed by atoms with Gasteiger partial charge in [-0.05, 0) is 36.4 Å². The molecule has 0 radical (unpaired) electrons. The maximum absolute atomic E-state index is 12.4. The van der Waals surface area contributed by atoms with Gasteiger partial charge in [0.05, 0.1) is 17.5 Å². The molecular formula is C19H17N3O4. The number of nitrogens with zero attached hydrogens (tertiary/aromatic N) is 1. The Morgan fingerprint density at radius 1 is 1.19 bits per heavy atom. The summed E-state index contributed by atoms with van der Waals surface area (Å²) in [6.07, 6.45) is 2.90. The summed E-state index contributed by atoms with van der Waals surface area (Å²) in [4.78, 5) is 31.3. The van der Waals surface area contributed by atoms with Gasteiger partial charge in [-0.3, -0.25) is 9.59 Å². The van der Waals surface area contributed by atoms with Gasteiger partial charge in [0, 0.05) is 23.7 Å². The summed E-state index contributed by atoms with van der Waals surface area (Å²) in [5.74, 6) is 0.141. The fourth-order valence-corrected chi connectivity index (χ4v) is 2.48. The molecule has 4 N–H and O–H groups in total. The number of phenolic OH excluding ortho intramolecular Hbond substituents is 1. The summed E-state index contributed by atoms with van der Waals surface area (Å²) >= 11 is 0. The van der Waals surface area contributed by atoms with Crippen molar-refractivity contribution in [3.8, 4) is 17.1 Å². The van der Waals surface area contributed by atoms with Gasteiger partial charge in [0.25, 0.3) is 5.56 Å². The number of hydrogen-bond acceptors (Lipinski definition) is 5. The van der Waals surface area contributed by atoms with Gasteiger partial charge >= 0.3 is 0 Å². The SMILES string of the molecule is O=C(/C=C/c1cccc2c(=O)[nH]c(-c3ccc(O)cc3)nc12)NCCO. The van der Waals surface area contributed by atoms with E-state index in [4.69, 9.17) is 5.11 Å². The van der Waals surface area contributed by atoms with E-state index in [2.05, 4.69) is 15.3 Å². The normalized spacial score (nSPS) is 11.1. The van der Waals surface area contributed by atoms with Crippen molar-refractivity contribution in [3.63, 3.8) is 0 Å². The highest BCUT2D eigenvalue weighted by Gasteiger charge is 2.09. The summed E-state index contributed by atoms with van der Waals surface area (Å²) in [7, 11) is 0. The molecule has 1 aromatic heterocycles. The molecule has 0 aliphatic carbocycles. The number of amides is 1. The lowest BCUT2D eigenvalue weighted by atomic mass is 10.1. The first-order valence-electron chi connectivity index (χ1n) is 7.97. The maximum atomic E-state index is 12.4. The minimum absolute atomic E-state index is 0.120. The number of carbonyl (C=O) groups is 1. The maximum Gasteiger partial charge on any atom is 0.259 e. The second-order valence-electron chi connectivity index (χ2n) is 5.55. The summed E-state index contributed by atoms with van der Waals surface area (Å²) in [5.41, 5.74) is 1.44. The molecule has 0 saturated heterocycles. The number of H-pyrrole nitrogens is 1. The molecule has 1 amide bonds. The molecule has 7 heteroatoms. The molecule has 0 saturated carbocycles. The van der Waals surface area contributed by atoms with E-state index in [0.29, 0.717) is 27.9 Å². The zero-order chi connectivity index (χ0) is 18.5. The number of aliphatic hydroxyl groups is 1. The second kappa shape index (κ2) is 7.62. The van der Waals surface area contributed by atoms with Crippen LogP contribution >= 0.6 is 0 Å². The molecule has 0 bridgehead atoms. The summed E-state index contributed by atoms with van der Waals surface area (Å²) in [6, 6.07) is 11.5. The molecule has 0 fully saturated rings. The predicted octanol–water partition coefficient (Wildman–Crippen LogP) is 1.42. The van der Waals surface area contributed by atoms with Crippen molar-refractivity contribution in [2.24, 2.45) is 0 Å². The van der Waals surface area contributed by atoms with Gasteiger partial charge < -0.3 is 20.5 Å². The van der Waals surface area contributed by atoms with E-state index in [9.17, 15) is 14.7 Å². The molecule has 1 heterocycles. The lowest BCUT2D eigenvalue weighted by Crippen LogP contribution is -2.24. The predicted molar refractivity (Wildman–Crippen MR) is 98.6 cm³/mol. The minimum atomic E-state index is -0.348. The van der Waals surface area contributed by atoms with Crippen LogP contribution in [0.1, 0.15) is 5.56 Å². The molecule has 26 heavy (non-hydrogen) atoms. The van der Waals surface area contributed by atoms with Gasteiger partial charge in [0.2, 0.25) is 5.91 Å². The Morgan fingerprint density at radius 2 is 1.96 bits per heavy atom. The van der Waals surface area contributed by atoms with Crippen molar-refractivity contribution in [1.82, 2.24) is 15.3 Å². The van der Waals surface area contributed by atoms with Crippen LogP contribution in [0.3, 0.4) is 0 Å². The molecule has 0 spiro atoms. The van der Waals surface area contributed by atoms with E-state index in [0.717, 1.165) is 0 Å². The Kier molecular flexibility index (Phi) is 5.09. The van der Waals surface area contributed by atoms with Crippen LogP contribution in [0.5, 0.6) is 5.75 Å². The van der Waals surface area contributed by atoms with E-state index in [1.54, 1.807) is 36.4 Å². The van der Waals surface area contributed by atoms with E-state index in [1.165, 1.54) is 18.2 Å². The Bertz CT molecular complexity index is 1020. The summed E-state index contributed by atoms with van der Waals surface area (Å²) in [5, 5.41) is 21.1. The summed E-state index contributed by atoms with van der Waals surface area (Å²) in [6.45, 7) is 0.0302. The largest absolute Gasteiger partial charge is 0.508 e. The van der Waals surface area contributed by atoms with Crippen molar-refractivity contribution < 1.29 is 15.0 Å². The van der Waals surface area contributed by atoms with Crippen molar-refractivity contribution in [2.45, 2.75) is 0 Å². The number of nitrogens with one attached hydrogen (secondary N) is 2. The van der Waals surface area contributed by atoms with Crippen molar-refractivity contribution in [1.29, 1.82) is 0 Å². The van der Waals surface area contributed by atoms with E-state index in [1.807, 2.05) is 0 Å². The number of rotatable bonds is 5. The third kappa shape index (κ3) is 3.79. The van der Waals surface area contributed by atoms with Gasteiger partial charge in [-0.15, -0.1) is 0 Å². The molecule has 7 nitrogen and oxygen atoms in total. The lowest BCUT2D eigenvalue weighted by molar-refractivity contribution is -0.116. The Labute approximate surface area is 148 Å². The Balaban J connectivity index is 2.05. The molecule has 0 unspecified atom stereocenters. The number of aliphatic hydroxyl groups excluding tert-OH is 1. The van der Waals surface area contributed by atoms with E-state index < -0.39 is 0 Å². The van der Waals surface area contributed by atoms with E-state index in [-0.39, 0.29) is 30.4 Å². The van der Waals surface area contributed by atoms with Gasteiger partial charge in [0.15, 0.2) is 0 Å². The number of aromatic hydroxyl groups is 1. The van der Waals surface area contributed by atoms with Crippen molar-refractivity contribution >= 4 is 22.9 Å². The van der Waals surface area contributed by atoms with Crippen molar-refractivity contribution in [2.75, 3.05) is 13.2 Å². The first kappa shape index (κ1) is 17.4. The van der Waals surface area contributed by atoms with Crippen LogP contribution in [0.2, 0.25) is 0 Å². The summed E-state index contributed by atoms with van der Waals surface area (Å²) < 4.78 is 0. The van der Waals surface area contributed by atoms with Crippen LogP contribution in [0, 0.1) is 0 Å². The standard InChI is InChI=1S/C19H17N3O4/c23-11-10-20-16(25)9-6-12-2-1-3-15-17(12)21-18(22-19(15)26)13-4-7-14(24)8-5-13/h1-9,23-24H,10-11H2,(H,20,25)(H,21,22,26)/b9-6+. The quantitative estimate of drug-likeness (QED) is 0.519. The molecule has 132 valence electrons. The third-order valence-electron chi connectivity index (χ3n) is 3.73. The zero-order valence-electron chi connectivity index (χ0n) is 13.8. The van der Waals surface area contributed by atoms with E-state index >= 15 is 0 Å². The first-order chi connectivity index (χ1) is 12.6. The highest BCUT2D eigenvalue weighted by atomic mass is 16.3. The topological polar surface area (TPSA) is 115 Å². The van der Waals surface area contributed by atoms with Gasteiger partial charge in [-0.25, -0.2) is 4.98 Å². The number of fused-ring (bicyclic) bond motifs is 1. The number of aromatic nitrogens is 2. The van der Waals surface area contributed by atoms with Crippen LogP contribution in [0.4, 0.5) is 0 Å². The first-order valence-corrected chi connectivity index (χ1v) is 7.97. The fourth-order valence-electron chi connectivity index (χ4n) is 2.48. The molecule has 0 aliphatic rings. The fraction of sp³-hybridized carbons (Fsp3) is 0.105. The molecule has 0 aliphatic heterocycles. The smallest absolute Gasteiger partial charge is 0.259 e. The van der Waals surface area contributed by atoms with Crippen LogP contribution in [-0.4, -0.2) is 39.2 Å². The van der Waals surface area contributed by atoms with Crippen LogP contribution in [0.15, 0.2) is 53.3 Å². The average molecular weight is 351 g/mol. The average Bonchev–Trinajstić information content (AvgIpc) is 2.65. The number of carbonyl (C=O) groups excluding carboxylic acids is 1. The Hall–Kier alpha value is -3.45. The van der Waals surface area contributed by atoms with Gasteiger partial charge in [-0.2, -0.15) is 0 Å². The van der Waals surface area contributed by atoms with Crippen molar-refractivity contribution in [3.05, 3.63) is 64.5 Å². The minimum Gasteiger partial charge on any atom is -0.508 e. The third-order valence-corrected chi connectivity index (χ3v) is 3.73. The van der Waals surface area contributed by atoms with Crippen LogP contribution < -0.4 is 10.9 Å².